The number of aryl methyl sites for hydroxylation is 1. The van der Waals surface area contributed by atoms with Gasteiger partial charge < -0.3 is 14.6 Å². The third kappa shape index (κ3) is 4.59. The number of nitrogens with zero attached hydrogens (tertiary/aromatic N) is 3. The summed E-state index contributed by atoms with van der Waals surface area (Å²) in [5.41, 5.74) is 0. The number of nitrogens with one attached hydrogen (secondary N) is 1. The molecule has 1 aliphatic rings. The number of aromatic nitrogens is 3. The van der Waals surface area contributed by atoms with Crippen LogP contribution in [0.1, 0.15) is 38.4 Å². The van der Waals surface area contributed by atoms with Gasteiger partial charge in [-0.05, 0) is 25.7 Å². The quantitative estimate of drug-likeness (QED) is 0.852. The van der Waals surface area contributed by atoms with Crippen molar-refractivity contribution >= 4 is 5.91 Å². The zero-order chi connectivity index (χ0) is 14.4. The van der Waals surface area contributed by atoms with Gasteiger partial charge in [-0.15, -0.1) is 10.2 Å². The Morgan fingerprint density at radius 2 is 2.40 bits per heavy atom. The largest absolute Gasteiger partial charge is 0.368 e. The van der Waals surface area contributed by atoms with Crippen LogP contribution in [0.15, 0.2) is 6.33 Å². The van der Waals surface area contributed by atoms with Crippen LogP contribution < -0.4 is 5.32 Å². The van der Waals surface area contributed by atoms with Crippen LogP contribution >= 0.6 is 0 Å². The summed E-state index contributed by atoms with van der Waals surface area (Å²) in [5, 5.41) is 10.6. The summed E-state index contributed by atoms with van der Waals surface area (Å²) in [7, 11) is 0. The lowest BCUT2D eigenvalue weighted by molar-refractivity contribution is -0.128. The molecule has 0 bridgehead atoms. The summed E-state index contributed by atoms with van der Waals surface area (Å²) in [6, 6.07) is 0. The van der Waals surface area contributed by atoms with Gasteiger partial charge in [-0.25, -0.2) is 0 Å². The smallest absolute Gasteiger partial charge is 0.246 e. The molecule has 1 aromatic rings. The van der Waals surface area contributed by atoms with Crippen molar-refractivity contribution < 1.29 is 9.53 Å². The molecule has 1 N–H and O–H groups in total. The van der Waals surface area contributed by atoms with Gasteiger partial charge in [0.1, 0.15) is 18.8 Å². The Hall–Kier alpha value is -1.43. The summed E-state index contributed by atoms with van der Waals surface area (Å²) in [6.07, 6.45) is 6.57. The molecule has 1 saturated carbocycles. The molecule has 1 aliphatic carbocycles. The Labute approximate surface area is 119 Å². The molecule has 2 atom stereocenters. The molecule has 0 aliphatic heterocycles. The molecule has 0 aromatic carbocycles. The minimum atomic E-state index is -0.0473. The fraction of sp³-hybridized carbons (Fsp3) is 0.786. The standard InChI is InChI=1S/C14H24N4O2/c1-11-4-3-5-13(8-11)20-9-14(19)15-6-7-18-10-16-17-12(18)2/h10-11,13H,3-9H2,1-2H3,(H,15,19). The Balaban J connectivity index is 1.59. The van der Waals surface area contributed by atoms with E-state index < -0.39 is 0 Å². The molecule has 1 amide bonds. The van der Waals surface area contributed by atoms with E-state index in [9.17, 15) is 4.79 Å². The highest BCUT2D eigenvalue weighted by atomic mass is 16.5. The van der Waals surface area contributed by atoms with Crippen molar-refractivity contribution in [3.8, 4) is 0 Å². The van der Waals surface area contributed by atoms with E-state index in [1.165, 1.54) is 12.8 Å². The Morgan fingerprint density at radius 3 is 3.10 bits per heavy atom. The number of hydrogen-bond donors (Lipinski definition) is 1. The highest BCUT2D eigenvalue weighted by molar-refractivity contribution is 5.77. The van der Waals surface area contributed by atoms with Crippen molar-refractivity contribution in [3.05, 3.63) is 12.2 Å². The Bertz CT molecular complexity index is 433. The minimum absolute atomic E-state index is 0.0473. The molecule has 0 spiro atoms. The van der Waals surface area contributed by atoms with E-state index in [1.54, 1.807) is 6.33 Å². The summed E-state index contributed by atoms with van der Waals surface area (Å²) < 4.78 is 7.59. The van der Waals surface area contributed by atoms with Crippen molar-refractivity contribution in [2.24, 2.45) is 5.92 Å². The molecule has 6 nitrogen and oxygen atoms in total. The van der Waals surface area contributed by atoms with Crippen LogP contribution in [-0.2, 0) is 16.1 Å². The molecule has 1 fully saturated rings. The van der Waals surface area contributed by atoms with Gasteiger partial charge >= 0.3 is 0 Å². The lowest BCUT2D eigenvalue weighted by Crippen LogP contribution is -2.33. The Morgan fingerprint density at radius 1 is 1.55 bits per heavy atom. The van der Waals surface area contributed by atoms with E-state index >= 15 is 0 Å². The highest BCUT2D eigenvalue weighted by Crippen LogP contribution is 2.25. The van der Waals surface area contributed by atoms with Crippen LogP contribution in [0.25, 0.3) is 0 Å². The zero-order valence-corrected chi connectivity index (χ0v) is 12.3. The summed E-state index contributed by atoms with van der Waals surface area (Å²) in [5.74, 6) is 1.52. The molecule has 2 unspecified atom stereocenters. The molecule has 0 saturated heterocycles. The average Bonchev–Trinajstić information content (AvgIpc) is 2.82. The molecule has 6 heteroatoms. The summed E-state index contributed by atoms with van der Waals surface area (Å²) in [6.45, 7) is 5.56. The maximum atomic E-state index is 11.7. The number of amides is 1. The fourth-order valence-electron chi connectivity index (χ4n) is 2.62. The maximum absolute atomic E-state index is 11.7. The van der Waals surface area contributed by atoms with Crippen molar-refractivity contribution in [2.75, 3.05) is 13.2 Å². The number of carbonyl (C=O) groups is 1. The van der Waals surface area contributed by atoms with Gasteiger partial charge in [-0.3, -0.25) is 4.79 Å². The van der Waals surface area contributed by atoms with Gasteiger partial charge in [-0.2, -0.15) is 0 Å². The second-order valence-electron chi connectivity index (χ2n) is 5.63. The molecule has 1 heterocycles. The molecular weight excluding hydrogens is 256 g/mol. The van der Waals surface area contributed by atoms with Crippen molar-refractivity contribution in [1.82, 2.24) is 20.1 Å². The molecule has 0 radical (unpaired) electrons. The molecular formula is C14H24N4O2. The number of rotatable bonds is 6. The summed E-state index contributed by atoms with van der Waals surface area (Å²) >= 11 is 0. The van der Waals surface area contributed by atoms with Crippen LogP contribution in [0.4, 0.5) is 0 Å². The topological polar surface area (TPSA) is 69.0 Å². The average molecular weight is 280 g/mol. The van der Waals surface area contributed by atoms with Crippen LogP contribution in [-0.4, -0.2) is 39.9 Å². The predicted molar refractivity (Wildman–Crippen MR) is 75.1 cm³/mol. The number of hydrogen-bond acceptors (Lipinski definition) is 4. The number of carbonyl (C=O) groups excluding carboxylic acids is 1. The molecule has 112 valence electrons. The third-order valence-electron chi connectivity index (χ3n) is 3.82. The first-order valence-corrected chi connectivity index (χ1v) is 7.38. The van der Waals surface area contributed by atoms with Gasteiger partial charge in [0.05, 0.1) is 6.10 Å². The van der Waals surface area contributed by atoms with Gasteiger partial charge in [0, 0.05) is 13.1 Å². The first-order chi connectivity index (χ1) is 9.65. The van der Waals surface area contributed by atoms with Gasteiger partial charge in [0.25, 0.3) is 0 Å². The second kappa shape index (κ2) is 7.38. The van der Waals surface area contributed by atoms with Crippen molar-refractivity contribution in [1.29, 1.82) is 0 Å². The van der Waals surface area contributed by atoms with E-state index in [2.05, 4.69) is 22.4 Å². The fourth-order valence-corrected chi connectivity index (χ4v) is 2.62. The Kier molecular flexibility index (Phi) is 5.52. The predicted octanol–water partition coefficient (Wildman–Crippen LogP) is 1.30. The SMILES string of the molecule is Cc1nncn1CCNC(=O)COC1CCCC(C)C1. The van der Waals surface area contributed by atoms with E-state index in [1.807, 2.05) is 11.5 Å². The maximum Gasteiger partial charge on any atom is 0.246 e. The van der Waals surface area contributed by atoms with Gasteiger partial charge in [-0.1, -0.05) is 19.8 Å². The normalized spacial score (nSPS) is 22.7. The second-order valence-corrected chi connectivity index (χ2v) is 5.63. The van der Waals surface area contributed by atoms with Gasteiger partial charge in [0.15, 0.2) is 0 Å². The zero-order valence-electron chi connectivity index (χ0n) is 12.3. The minimum Gasteiger partial charge on any atom is -0.368 e. The third-order valence-corrected chi connectivity index (χ3v) is 3.82. The summed E-state index contributed by atoms with van der Waals surface area (Å²) in [4.78, 5) is 11.7. The van der Waals surface area contributed by atoms with Crippen molar-refractivity contribution in [2.45, 2.75) is 52.2 Å². The van der Waals surface area contributed by atoms with E-state index in [0.717, 1.165) is 18.7 Å². The van der Waals surface area contributed by atoms with Gasteiger partial charge in [0.2, 0.25) is 5.91 Å². The molecule has 20 heavy (non-hydrogen) atoms. The first-order valence-electron chi connectivity index (χ1n) is 7.38. The van der Waals surface area contributed by atoms with E-state index in [-0.39, 0.29) is 18.6 Å². The lowest BCUT2D eigenvalue weighted by atomic mass is 9.89. The van der Waals surface area contributed by atoms with Crippen LogP contribution in [0.5, 0.6) is 0 Å². The van der Waals surface area contributed by atoms with Crippen LogP contribution in [0.3, 0.4) is 0 Å². The van der Waals surface area contributed by atoms with Crippen LogP contribution in [0, 0.1) is 12.8 Å². The van der Waals surface area contributed by atoms with E-state index in [4.69, 9.17) is 4.74 Å². The van der Waals surface area contributed by atoms with Crippen molar-refractivity contribution in [3.63, 3.8) is 0 Å². The lowest BCUT2D eigenvalue weighted by Gasteiger charge is -2.26. The first kappa shape index (κ1) is 15.0. The highest BCUT2D eigenvalue weighted by Gasteiger charge is 2.19. The molecule has 2 rings (SSSR count). The monoisotopic (exact) mass is 280 g/mol. The van der Waals surface area contributed by atoms with Crippen LogP contribution in [0.2, 0.25) is 0 Å². The number of ether oxygens (including phenoxy) is 1. The molecule has 1 aromatic heterocycles. The van der Waals surface area contributed by atoms with E-state index in [0.29, 0.717) is 19.0 Å².